The third-order valence-electron chi connectivity index (χ3n) is 4.91. The largest absolute Gasteiger partial charge is 0.485 e. The molecule has 0 radical (unpaired) electrons. The molecule has 1 aromatic heterocycles. The quantitative estimate of drug-likeness (QED) is 0.897. The molecule has 0 bridgehead atoms. The fourth-order valence-electron chi connectivity index (χ4n) is 3.27. The minimum absolute atomic E-state index is 0.0394. The summed E-state index contributed by atoms with van der Waals surface area (Å²) in [6.07, 6.45) is 3.60. The second-order valence-corrected chi connectivity index (χ2v) is 6.15. The minimum Gasteiger partial charge on any atom is -0.485 e. The number of nitrogens with one attached hydrogen (secondary N) is 1. The molecule has 2 atom stereocenters. The first-order valence-corrected chi connectivity index (χ1v) is 7.56. The number of aromatic nitrogens is 1. The van der Waals surface area contributed by atoms with Crippen LogP contribution in [0.3, 0.4) is 0 Å². The highest BCUT2D eigenvalue weighted by Crippen LogP contribution is 2.50. The Morgan fingerprint density at radius 3 is 2.75 bits per heavy atom. The number of pyridine rings is 1. The van der Waals surface area contributed by atoms with Crippen molar-refractivity contribution in [1.29, 1.82) is 0 Å². The summed E-state index contributed by atoms with van der Waals surface area (Å²) in [6.45, 7) is 6.60. The Kier molecular flexibility index (Phi) is 3.59. The molecule has 110 valence electrons. The molecule has 1 unspecified atom stereocenters. The van der Waals surface area contributed by atoms with E-state index in [0.717, 1.165) is 43.3 Å². The van der Waals surface area contributed by atoms with Gasteiger partial charge in [-0.15, -0.1) is 0 Å². The molecule has 4 nitrogen and oxygen atoms in total. The zero-order chi connectivity index (χ0) is 14.2. The molecule has 1 saturated heterocycles. The summed E-state index contributed by atoms with van der Waals surface area (Å²) in [5.74, 6) is 2.89. The fraction of sp³-hybridized carbons (Fsp3) is 0.688. The van der Waals surface area contributed by atoms with Gasteiger partial charge in [0.05, 0.1) is 12.8 Å². The van der Waals surface area contributed by atoms with Crippen LogP contribution in [0.1, 0.15) is 31.9 Å². The topological polar surface area (TPSA) is 43.4 Å². The standard InChI is InChI=1S/C16H24N2O2/c1-11(13-6-9-17-10-13)16(7-8-16)20-14-4-5-15(19-3)18-12(14)2/h4-5,11,13,17H,6-10H2,1-3H3/t11?,13-/m1/s1. The molecule has 2 fully saturated rings. The highest BCUT2D eigenvalue weighted by molar-refractivity contribution is 5.32. The molecule has 1 aromatic rings. The van der Waals surface area contributed by atoms with E-state index >= 15 is 0 Å². The number of methoxy groups -OCH3 is 1. The second kappa shape index (κ2) is 5.24. The predicted molar refractivity (Wildman–Crippen MR) is 78.3 cm³/mol. The summed E-state index contributed by atoms with van der Waals surface area (Å²) >= 11 is 0. The van der Waals surface area contributed by atoms with Crippen LogP contribution in [0.25, 0.3) is 0 Å². The van der Waals surface area contributed by atoms with Gasteiger partial charge in [-0.1, -0.05) is 6.92 Å². The highest BCUT2D eigenvalue weighted by Gasteiger charge is 2.53. The van der Waals surface area contributed by atoms with Crippen molar-refractivity contribution in [2.75, 3.05) is 20.2 Å². The second-order valence-electron chi connectivity index (χ2n) is 6.15. The fourth-order valence-corrected chi connectivity index (χ4v) is 3.27. The Hall–Kier alpha value is -1.29. The third-order valence-corrected chi connectivity index (χ3v) is 4.91. The highest BCUT2D eigenvalue weighted by atomic mass is 16.5. The van der Waals surface area contributed by atoms with Crippen LogP contribution in [0.15, 0.2) is 12.1 Å². The average Bonchev–Trinajstić information content (AvgIpc) is 3.03. The van der Waals surface area contributed by atoms with Crippen molar-refractivity contribution in [3.8, 4) is 11.6 Å². The molecule has 1 N–H and O–H groups in total. The van der Waals surface area contributed by atoms with Gasteiger partial charge in [-0.25, -0.2) is 4.98 Å². The first kappa shape index (κ1) is 13.7. The smallest absolute Gasteiger partial charge is 0.213 e. The predicted octanol–water partition coefficient (Wildman–Crippen LogP) is 2.56. The van der Waals surface area contributed by atoms with Gasteiger partial charge in [-0.2, -0.15) is 0 Å². The Morgan fingerprint density at radius 1 is 1.40 bits per heavy atom. The van der Waals surface area contributed by atoms with Crippen molar-refractivity contribution in [3.63, 3.8) is 0 Å². The molecule has 0 amide bonds. The molecule has 1 aliphatic carbocycles. The Bertz CT molecular complexity index is 479. The molecule has 20 heavy (non-hydrogen) atoms. The van der Waals surface area contributed by atoms with E-state index in [-0.39, 0.29) is 5.60 Å². The lowest BCUT2D eigenvalue weighted by Gasteiger charge is -2.29. The van der Waals surface area contributed by atoms with E-state index in [9.17, 15) is 0 Å². The first-order valence-electron chi connectivity index (χ1n) is 7.56. The molecular weight excluding hydrogens is 252 g/mol. The zero-order valence-electron chi connectivity index (χ0n) is 12.6. The summed E-state index contributed by atoms with van der Waals surface area (Å²) in [7, 11) is 1.64. The number of rotatable bonds is 5. The number of hydrogen-bond acceptors (Lipinski definition) is 4. The van der Waals surface area contributed by atoms with Crippen LogP contribution in [-0.2, 0) is 0 Å². The van der Waals surface area contributed by atoms with Crippen molar-refractivity contribution in [3.05, 3.63) is 17.8 Å². The van der Waals surface area contributed by atoms with E-state index in [0.29, 0.717) is 11.8 Å². The van der Waals surface area contributed by atoms with Crippen molar-refractivity contribution in [1.82, 2.24) is 10.3 Å². The van der Waals surface area contributed by atoms with Crippen LogP contribution in [-0.4, -0.2) is 30.8 Å². The van der Waals surface area contributed by atoms with Gasteiger partial charge in [0.15, 0.2) is 0 Å². The first-order chi connectivity index (χ1) is 9.64. The van der Waals surface area contributed by atoms with E-state index in [1.807, 2.05) is 19.1 Å². The van der Waals surface area contributed by atoms with Gasteiger partial charge < -0.3 is 14.8 Å². The summed E-state index contributed by atoms with van der Waals surface area (Å²) in [6, 6.07) is 3.86. The van der Waals surface area contributed by atoms with Crippen LogP contribution in [0.2, 0.25) is 0 Å². The van der Waals surface area contributed by atoms with Gasteiger partial charge in [-0.05, 0) is 57.2 Å². The minimum atomic E-state index is 0.0394. The van der Waals surface area contributed by atoms with Gasteiger partial charge in [0.25, 0.3) is 0 Å². The molecular formula is C16H24N2O2. The molecule has 2 heterocycles. The van der Waals surface area contributed by atoms with E-state index in [2.05, 4.69) is 17.2 Å². The Balaban J connectivity index is 1.73. The number of ether oxygens (including phenoxy) is 2. The lowest BCUT2D eigenvalue weighted by Crippen LogP contribution is -2.34. The maximum Gasteiger partial charge on any atom is 0.213 e. The van der Waals surface area contributed by atoms with Crippen LogP contribution in [0.4, 0.5) is 0 Å². The molecule has 3 rings (SSSR count). The van der Waals surface area contributed by atoms with Gasteiger partial charge in [-0.3, -0.25) is 0 Å². The van der Waals surface area contributed by atoms with Crippen molar-refractivity contribution in [2.45, 2.75) is 38.7 Å². The Labute approximate surface area is 120 Å². The summed E-state index contributed by atoms with van der Waals surface area (Å²) < 4.78 is 11.5. The molecule has 0 spiro atoms. The van der Waals surface area contributed by atoms with E-state index in [1.165, 1.54) is 6.42 Å². The normalized spacial score (nSPS) is 25.2. The van der Waals surface area contributed by atoms with Crippen molar-refractivity contribution in [2.24, 2.45) is 11.8 Å². The van der Waals surface area contributed by atoms with Crippen LogP contribution in [0, 0.1) is 18.8 Å². The van der Waals surface area contributed by atoms with E-state index in [1.54, 1.807) is 7.11 Å². The zero-order valence-corrected chi connectivity index (χ0v) is 12.6. The number of aryl methyl sites for hydroxylation is 1. The maximum atomic E-state index is 6.37. The molecule has 0 aromatic carbocycles. The van der Waals surface area contributed by atoms with Crippen LogP contribution < -0.4 is 14.8 Å². The summed E-state index contributed by atoms with van der Waals surface area (Å²) in [5, 5.41) is 3.46. The summed E-state index contributed by atoms with van der Waals surface area (Å²) in [4.78, 5) is 4.40. The lowest BCUT2D eigenvalue weighted by atomic mass is 9.86. The monoisotopic (exact) mass is 276 g/mol. The van der Waals surface area contributed by atoms with Crippen molar-refractivity contribution >= 4 is 0 Å². The molecule has 2 aliphatic rings. The van der Waals surface area contributed by atoms with Crippen LogP contribution >= 0.6 is 0 Å². The third kappa shape index (κ3) is 2.49. The molecule has 1 aliphatic heterocycles. The van der Waals surface area contributed by atoms with Gasteiger partial charge in [0.1, 0.15) is 11.4 Å². The number of nitrogens with zero attached hydrogens (tertiary/aromatic N) is 1. The summed E-state index contributed by atoms with van der Waals surface area (Å²) in [5.41, 5.74) is 0.949. The van der Waals surface area contributed by atoms with Crippen LogP contribution in [0.5, 0.6) is 11.6 Å². The van der Waals surface area contributed by atoms with Crippen molar-refractivity contribution < 1.29 is 9.47 Å². The SMILES string of the molecule is COc1ccc(OC2(C(C)[C@@H]3CCNC3)CC2)c(C)n1. The van der Waals surface area contributed by atoms with E-state index < -0.39 is 0 Å². The van der Waals surface area contributed by atoms with Gasteiger partial charge in [0.2, 0.25) is 5.88 Å². The number of hydrogen-bond donors (Lipinski definition) is 1. The Morgan fingerprint density at radius 2 is 2.20 bits per heavy atom. The lowest BCUT2D eigenvalue weighted by molar-refractivity contribution is 0.0857. The molecule has 1 saturated carbocycles. The molecule has 4 heteroatoms. The van der Waals surface area contributed by atoms with Gasteiger partial charge in [0, 0.05) is 6.07 Å². The van der Waals surface area contributed by atoms with Gasteiger partial charge >= 0.3 is 0 Å². The maximum absolute atomic E-state index is 6.37. The average molecular weight is 276 g/mol. The van der Waals surface area contributed by atoms with E-state index in [4.69, 9.17) is 9.47 Å².